The molecule has 0 radical (unpaired) electrons. The van der Waals surface area contributed by atoms with E-state index in [0.717, 1.165) is 0 Å². The largest absolute Gasteiger partial charge is 0.313 e. The van der Waals surface area contributed by atoms with Crippen molar-refractivity contribution in [2.45, 2.75) is 39.7 Å². The van der Waals surface area contributed by atoms with Crippen molar-refractivity contribution in [1.82, 2.24) is 10.3 Å². The van der Waals surface area contributed by atoms with Crippen LogP contribution in [0.1, 0.15) is 43.9 Å². The zero-order valence-electron chi connectivity index (χ0n) is 10.2. The van der Waals surface area contributed by atoms with Gasteiger partial charge in [-0.25, -0.2) is 0 Å². The van der Waals surface area contributed by atoms with Crippen LogP contribution in [0.2, 0.25) is 0 Å². The van der Waals surface area contributed by atoms with Crippen LogP contribution in [0.3, 0.4) is 0 Å². The molecule has 0 spiro atoms. The molecule has 0 aliphatic rings. The van der Waals surface area contributed by atoms with E-state index in [0.29, 0.717) is 12.0 Å². The van der Waals surface area contributed by atoms with Crippen LogP contribution >= 0.6 is 0 Å². The molecule has 0 fully saturated rings. The summed E-state index contributed by atoms with van der Waals surface area (Å²) >= 11 is 0. The third kappa shape index (κ3) is 3.03. The summed E-state index contributed by atoms with van der Waals surface area (Å²) in [5.74, 6) is 0.655. The monoisotopic (exact) mass is 206 g/mol. The number of nitrogens with one attached hydrogen (secondary N) is 1. The van der Waals surface area contributed by atoms with Crippen LogP contribution in [0.25, 0.3) is 0 Å². The fourth-order valence-corrected chi connectivity index (χ4v) is 2.17. The Balaban J connectivity index is 2.87. The highest BCUT2D eigenvalue weighted by Gasteiger charge is 2.18. The van der Waals surface area contributed by atoms with Gasteiger partial charge in [-0.2, -0.15) is 0 Å². The van der Waals surface area contributed by atoms with Crippen molar-refractivity contribution in [3.05, 3.63) is 29.6 Å². The van der Waals surface area contributed by atoms with Crippen molar-refractivity contribution in [2.24, 2.45) is 5.92 Å². The molecule has 2 heteroatoms. The van der Waals surface area contributed by atoms with Gasteiger partial charge in [-0.05, 0) is 43.5 Å². The van der Waals surface area contributed by atoms with Crippen LogP contribution in [0.5, 0.6) is 0 Å². The summed E-state index contributed by atoms with van der Waals surface area (Å²) in [6.07, 6.45) is 6.33. The van der Waals surface area contributed by atoms with E-state index in [1.54, 1.807) is 0 Å². The van der Waals surface area contributed by atoms with Crippen molar-refractivity contribution in [3.8, 4) is 0 Å². The summed E-state index contributed by atoms with van der Waals surface area (Å²) in [6, 6.07) is 2.51. The van der Waals surface area contributed by atoms with E-state index < -0.39 is 0 Å². The summed E-state index contributed by atoms with van der Waals surface area (Å²) in [4.78, 5) is 4.22. The van der Waals surface area contributed by atoms with E-state index in [9.17, 15) is 0 Å². The number of aromatic nitrogens is 1. The van der Waals surface area contributed by atoms with Gasteiger partial charge in [-0.3, -0.25) is 4.98 Å². The molecule has 0 aliphatic carbocycles. The Hall–Kier alpha value is -0.890. The maximum Gasteiger partial charge on any atom is 0.0361 e. The van der Waals surface area contributed by atoms with Crippen LogP contribution in [-0.4, -0.2) is 12.0 Å². The topological polar surface area (TPSA) is 24.9 Å². The molecule has 0 aliphatic heterocycles. The quantitative estimate of drug-likeness (QED) is 0.800. The van der Waals surface area contributed by atoms with Gasteiger partial charge in [0.15, 0.2) is 0 Å². The number of rotatable bonds is 5. The Labute approximate surface area is 93.1 Å². The molecule has 2 nitrogen and oxygen atoms in total. The predicted molar refractivity (Wildman–Crippen MR) is 64.8 cm³/mol. The minimum atomic E-state index is 0.429. The minimum Gasteiger partial charge on any atom is -0.313 e. The molecule has 2 unspecified atom stereocenters. The Morgan fingerprint density at radius 3 is 2.73 bits per heavy atom. The van der Waals surface area contributed by atoms with Crippen LogP contribution < -0.4 is 5.32 Å². The standard InChI is InChI=1S/C13H22N2/c1-5-6-11(3)13(14-4)12-9-15-8-7-10(12)2/h7-9,11,13-14H,5-6H2,1-4H3. The molecule has 0 aromatic carbocycles. The van der Waals surface area contributed by atoms with Crippen LogP contribution in [-0.2, 0) is 0 Å². The van der Waals surface area contributed by atoms with Gasteiger partial charge in [-0.15, -0.1) is 0 Å². The number of hydrogen-bond donors (Lipinski definition) is 1. The summed E-state index contributed by atoms with van der Waals surface area (Å²) in [5.41, 5.74) is 2.66. The highest BCUT2D eigenvalue weighted by atomic mass is 14.9. The van der Waals surface area contributed by atoms with E-state index in [4.69, 9.17) is 0 Å². The van der Waals surface area contributed by atoms with Crippen molar-refractivity contribution in [2.75, 3.05) is 7.05 Å². The summed E-state index contributed by atoms with van der Waals surface area (Å²) in [6.45, 7) is 6.69. The molecule has 0 saturated carbocycles. The number of aryl methyl sites for hydroxylation is 1. The Bertz CT molecular complexity index is 296. The zero-order valence-corrected chi connectivity index (χ0v) is 10.2. The summed E-state index contributed by atoms with van der Waals surface area (Å²) in [5, 5.41) is 3.40. The maximum atomic E-state index is 4.22. The van der Waals surface area contributed by atoms with E-state index in [2.05, 4.69) is 37.1 Å². The fraction of sp³-hybridized carbons (Fsp3) is 0.615. The van der Waals surface area contributed by atoms with Gasteiger partial charge in [0.1, 0.15) is 0 Å². The molecular weight excluding hydrogens is 184 g/mol. The van der Waals surface area contributed by atoms with Gasteiger partial charge in [0.05, 0.1) is 0 Å². The van der Waals surface area contributed by atoms with Gasteiger partial charge in [0.2, 0.25) is 0 Å². The molecule has 84 valence electrons. The zero-order chi connectivity index (χ0) is 11.3. The molecule has 2 atom stereocenters. The lowest BCUT2D eigenvalue weighted by Crippen LogP contribution is -2.24. The van der Waals surface area contributed by atoms with Gasteiger partial charge >= 0.3 is 0 Å². The average Bonchev–Trinajstić information content (AvgIpc) is 2.22. The van der Waals surface area contributed by atoms with E-state index in [1.807, 2.05) is 19.4 Å². The Morgan fingerprint density at radius 1 is 1.47 bits per heavy atom. The van der Waals surface area contributed by atoms with Gasteiger partial charge < -0.3 is 5.32 Å². The van der Waals surface area contributed by atoms with E-state index >= 15 is 0 Å². The second-order valence-corrected chi connectivity index (χ2v) is 4.26. The SMILES string of the molecule is CCCC(C)C(NC)c1cnccc1C. The molecule has 1 aromatic rings. The molecule has 0 amide bonds. The van der Waals surface area contributed by atoms with E-state index in [1.165, 1.54) is 24.0 Å². The average molecular weight is 206 g/mol. The van der Waals surface area contributed by atoms with Gasteiger partial charge in [0, 0.05) is 18.4 Å². The summed E-state index contributed by atoms with van der Waals surface area (Å²) < 4.78 is 0. The molecule has 1 heterocycles. The first kappa shape index (κ1) is 12.2. The van der Waals surface area contributed by atoms with Crippen LogP contribution in [0.4, 0.5) is 0 Å². The van der Waals surface area contributed by atoms with Crippen molar-refractivity contribution >= 4 is 0 Å². The first-order valence-electron chi connectivity index (χ1n) is 5.78. The Morgan fingerprint density at radius 2 is 2.20 bits per heavy atom. The lowest BCUT2D eigenvalue weighted by molar-refractivity contribution is 0.382. The molecule has 1 N–H and O–H groups in total. The highest BCUT2D eigenvalue weighted by molar-refractivity contribution is 5.25. The van der Waals surface area contributed by atoms with Gasteiger partial charge in [-0.1, -0.05) is 20.3 Å². The lowest BCUT2D eigenvalue weighted by atomic mass is 9.90. The second-order valence-electron chi connectivity index (χ2n) is 4.26. The molecule has 0 saturated heterocycles. The summed E-state index contributed by atoms with van der Waals surface area (Å²) in [7, 11) is 2.03. The lowest BCUT2D eigenvalue weighted by Gasteiger charge is -2.24. The Kier molecular flexibility index (Phi) is 4.76. The highest BCUT2D eigenvalue weighted by Crippen LogP contribution is 2.26. The third-order valence-corrected chi connectivity index (χ3v) is 3.04. The van der Waals surface area contributed by atoms with Crippen molar-refractivity contribution < 1.29 is 0 Å². The second kappa shape index (κ2) is 5.86. The molecule has 0 bridgehead atoms. The predicted octanol–water partition coefficient (Wildman–Crippen LogP) is 3.09. The smallest absolute Gasteiger partial charge is 0.0361 e. The molecule has 15 heavy (non-hydrogen) atoms. The van der Waals surface area contributed by atoms with Crippen LogP contribution in [0, 0.1) is 12.8 Å². The minimum absolute atomic E-state index is 0.429. The van der Waals surface area contributed by atoms with E-state index in [-0.39, 0.29) is 0 Å². The maximum absolute atomic E-state index is 4.22. The molecule has 1 aromatic heterocycles. The molecule has 1 rings (SSSR count). The van der Waals surface area contributed by atoms with Crippen molar-refractivity contribution in [3.63, 3.8) is 0 Å². The number of pyridine rings is 1. The number of nitrogens with zero attached hydrogens (tertiary/aromatic N) is 1. The number of hydrogen-bond acceptors (Lipinski definition) is 2. The van der Waals surface area contributed by atoms with Gasteiger partial charge in [0.25, 0.3) is 0 Å². The fourth-order valence-electron chi connectivity index (χ4n) is 2.17. The third-order valence-electron chi connectivity index (χ3n) is 3.04. The first-order chi connectivity index (χ1) is 7.20. The van der Waals surface area contributed by atoms with Crippen molar-refractivity contribution in [1.29, 1.82) is 0 Å². The normalized spacial score (nSPS) is 14.9. The van der Waals surface area contributed by atoms with Crippen LogP contribution in [0.15, 0.2) is 18.5 Å². The first-order valence-corrected chi connectivity index (χ1v) is 5.78. The molecular formula is C13H22N2.